The predicted octanol–water partition coefficient (Wildman–Crippen LogP) is 3.15. The first kappa shape index (κ1) is 21.2. The summed E-state index contributed by atoms with van der Waals surface area (Å²) < 4.78 is 13.3. The van der Waals surface area contributed by atoms with Gasteiger partial charge in [0.2, 0.25) is 0 Å². The van der Waals surface area contributed by atoms with E-state index in [-0.39, 0.29) is 29.8 Å². The van der Waals surface area contributed by atoms with Crippen LogP contribution in [0.4, 0.5) is 4.39 Å². The zero-order valence-electron chi connectivity index (χ0n) is 15.3. The molecule has 2 rings (SSSR count). The van der Waals surface area contributed by atoms with E-state index in [1.165, 1.54) is 6.07 Å². The van der Waals surface area contributed by atoms with Crippen molar-refractivity contribution in [2.24, 2.45) is 10.9 Å². The second-order valence-electron chi connectivity index (χ2n) is 6.79. The number of rotatable bonds is 4. The minimum absolute atomic E-state index is 0. The van der Waals surface area contributed by atoms with E-state index in [1.807, 2.05) is 6.07 Å². The van der Waals surface area contributed by atoms with Gasteiger partial charge in [-0.05, 0) is 43.9 Å². The molecule has 0 saturated carbocycles. The van der Waals surface area contributed by atoms with E-state index in [4.69, 9.17) is 0 Å². The molecule has 0 aromatic heterocycles. The average molecular weight is 448 g/mol. The molecule has 1 heterocycles. The average Bonchev–Trinajstić information content (AvgIpc) is 2.88. The van der Waals surface area contributed by atoms with Gasteiger partial charge < -0.3 is 10.6 Å². The van der Waals surface area contributed by atoms with Gasteiger partial charge in [-0.2, -0.15) is 0 Å². The third kappa shape index (κ3) is 5.58. The first-order valence-corrected chi connectivity index (χ1v) is 8.37. The normalized spacial score (nSPS) is 21.7. The zero-order valence-corrected chi connectivity index (χ0v) is 17.6. The quantitative estimate of drug-likeness (QED) is 0.423. The lowest BCUT2D eigenvalue weighted by Crippen LogP contribution is -2.46. The third-order valence-corrected chi connectivity index (χ3v) is 4.60. The van der Waals surface area contributed by atoms with E-state index >= 15 is 0 Å². The Hall–Kier alpha value is -0.890. The van der Waals surface area contributed by atoms with Crippen molar-refractivity contribution in [2.75, 3.05) is 20.1 Å². The highest BCUT2D eigenvalue weighted by molar-refractivity contribution is 14.0. The van der Waals surface area contributed by atoms with Crippen molar-refractivity contribution in [3.63, 3.8) is 0 Å². The number of nitrogens with zero attached hydrogens (tertiary/aromatic N) is 2. The van der Waals surface area contributed by atoms with E-state index in [2.05, 4.69) is 41.3 Å². The molecule has 0 amide bonds. The largest absolute Gasteiger partial charge is 0.352 e. The second-order valence-corrected chi connectivity index (χ2v) is 6.79. The Kier molecular flexibility index (Phi) is 8.42. The van der Waals surface area contributed by atoms with Gasteiger partial charge in [-0.3, -0.25) is 9.89 Å². The van der Waals surface area contributed by atoms with Crippen LogP contribution < -0.4 is 10.6 Å². The molecule has 136 valence electrons. The van der Waals surface area contributed by atoms with E-state index in [0.29, 0.717) is 30.1 Å². The fraction of sp³-hybridized carbons (Fsp3) is 0.611. The lowest BCUT2D eigenvalue weighted by Gasteiger charge is -2.22. The number of hydrogen-bond donors (Lipinski definition) is 2. The van der Waals surface area contributed by atoms with Crippen LogP contribution in [0.3, 0.4) is 0 Å². The molecule has 1 saturated heterocycles. The van der Waals surface area contributed by atoms with Crippen molar-refractivity contribution in [3.8, 4) is 0 Å². The maximum atomic E-state index is 13.3. The van der Waals surface area contributed by atoms with Gasteiger partial charge in [0.15, 0.2) is 5.96 Å². The number of likely N-dealkylation sites (tertiary alicyclic amines) is 1. The van der Waals surface area contributed by atoms with Crippen molar-refractivity contribution in [2.45, 2.75) is 46.3 Å². The Labute approximate surface area is 162 Å². The van der Waals surface area contributed by atoms with Gasteiger partial charge in [0.1, 0.15) is 5.82 Å². The molecule has 0 bridgehead atoms. The number of halogens is 2. The van der Waals surface area contributed by atoms with E-state index in [0.717, 1.165) is 24.6 Å². The first-order valence-electron chi connectivity index (χ1n) is 8.37. The fourth-order valence-electron chi connectivity index (χ4n) is 2.99. The van der Waals surface area contributed by atoms with Gasteiger partial charge in [0, 0.05) is 38.8 Å². The molecule has 6 heteroatoms. The van der Waals surface area contributed by atoms with Crippen LogP contribution >= 0.6 is 24.0 Å². The van der Waals surface area contributed by atoms with Crippen LogP contribution in [0, 0.1) is 18.7 Å². The molecule has 2 atom stereocenters. The molecule has 2 unspecified atom stereocenters. The standard InChI is InChI=1S/C18H29FN4.HI/c1-12(2)23-10-14(4)17(11-23)22-18(20-5)21-9-15-6-7-16(19)13(3)8-15;/h6-8,12,14,17H,9-11H2,1-5H3,(H2,20,21,22);1H. The molecule has 1 aromatic rings. The Balaban J connectivity index is 0.00000288. The number of aryl methyl sites for hydroxylation is 1. The maximum Gasteiger partial charge on any atom is 0.191 e. The molecule has 4 nitrogen and oxygen atoms in total. The van der Waals surface area contributed by atoms with Crippen LogP contribution in [0.2, 0.25) is 0 Å². The smallest absolute Gasteiger partial charge is 0.191 e. The summed E-state index contributed by atoms with van der Waals surface area (Å²) in [7, 11) is 1.78. The molecule has 2 N–H and O–H groups in total. The Morgan fingerprint density at radius 2 is 2.08 bits per heavy atom. The molecule has 0 spiro atoms. The molecule has 0 aliphatic carbocycles. The molecule has 0 radical (unpaired) electrons. The number of benzene rings is 1. The molecular weight excluding hydrogens is 418 g/mol. The van der Waals surface area contributed by atoms with Gasteiger partial charge in [0.05, 0.1) is 0 Å². The van der Waals surface area contributed by atoms with Crippen molar-refractivity contribution >= 4 is 29.9 Å². The Morgan fingerprint density at radius 3 is 2.62 bits per heavy atom. The number of aliphatic imine (C=N–C) groups is 1. The minimum Gasteiger partial charge on any atom is -0.352 e. The summed E-state index contributed by atoms with van der Waals surface area (Å²) in [6.45, 7) is 11.3. The first-order chi connectivity index (χ1) is 10.9. The van der Waals surface area contributed by atoms with Crippen molar-refractivity contribution in [1.29, 1.82) is 0 Å². The van der Waals surface area contributed by atoms with Crippen molar-refractivity contribution in [3.05, 3.63) is 35.1 Å². The molecule has 1 fully saturated rings. The predicted molar refractivity (Wildman–Crippen MR) is 110 cm³/mol. The third-order valence-electron chi connectivity index (χ3n) is 4.60. The lowest BCUT2D eigenvalue weighted by atomic mass is 10.1. The van der Waals surface area contributed by atoms with Gasteiger partial charge >= 0.3 is 0 Å². The van der Waals surface area contributed by atoms with Crippen molar-refractivity contribution < 1.29 is 4.39 Å². The number of guanidine groups is 1. The summed E-state index contributed by atoms with van der Waals surface area (Å²) in [6, 6.07) is 6.16. The van der Waals surface area contributed by atoms with Gasteiger partial charge in [-0.1, -0.05) is 19.1 Å². The second kappa shape index (κ2) is 9.56. The van der Waals surface area contributed by atoms with Gasteiger partial charge in [0.25, 0.3) is 0 Å². The summed E-state index contributed by atoms with van der Waals surface area (Å²) in [5.41, 5.74) is 1.72. The van der Waals surface area contributed by atoms with Crippen LogP contribution in [-0.4, -0.2) is 43.1 Å². The van der Waals surface area contributed by atoms with Crippen LogP contribution in [0.15, 0.2) is 23.2 Å². The summed E-state index contributed by atoms with van der Waals surface area (Å²) in [4.78, 5) is 6.80. The molecule has 1 aliphatic heterocycles. The van der Waals surface area contributed by atoms with Crippen molar-refractivity contribution in [1.82, 2.24) is 15.5 Å². The fourth-order valence-corrected chi connectivity index (χ4v) is 2.99. The molecule has 1 aliphatic rings. The van der Waals surface area contributed by atoms with Crippen LogP contribution in [-0.2, 0) is 6.54 Å². The SMILES string of the molecule is CN=C(NCc1ccc(F)c(C)c1)NC1CN(C(C)C)CC1C.I. The van der Waals surface area contributed by atoms with E-state index < -0.39 is 0 Å². The monoisotopic (exact) mass is 448 g/mol. The molecule has 24 heavy (non-hydrogen) atoms. The molecule has 1 aromatic carbocycles. The maximum absolute atomic E-state index is 13.3. The highest BCUT2D eigenvalue weighted by Crippen LogP contribution is 2.18. The highest BCUT2D eigenvalue weighted by Gasteiger charge is 2.31. The number of nitrogens with one attached hydrogen (secondary N) is 2. The van der Waals surface area contributed by atoms with E-state index in [1.54, 1.807) is 20.0 Å². The van der Waals surface area contributed by atoms with Gasteiger partial charge in [-0.15, -0.1) is 24.0 Å². The van der Waals surface area contributed by atoms with Crippen LogP contribution in [0.5, 0.6) is 0 Å². The minimum atomic E-state index is -0.162. The topological polar surface area (TPSA) is 39.7 Å². The summed E-state index contributed by atoms with van der Waals surface area (Å²) >= 11 is 0. The summed E-state index contributed by atoms with van der Waals surface area (Å²) in [5.74, 6) is 1.23. The summed E-state index contributed by atoms with van der Waals surface area (Å²) in [5, 5.41) is 6.84. The summed E-state index contributed by atoms with van der Waals surface area (Å²) in [6.07, 6.45) is 0. The zero-order chi connectivity index (χ0) is 17.0. The Bertz CT molecular complexity index is 562. The van der Waals surface area contributed by atoms with E-state index in [9.17, 15) is 4.39 Å². The Morgan fingerprint density at radius 1 is 1.38 bits per heavy atom. The van der Waals surface area contributed by atoms with Gasteiger partial charge in [-0.25, -0.2) is 4.39 Å². The number of hydrogen-bond acceptors (Lipinski definition) is 2. The van der Waals surface area contributed by atoms with Crippen LogP contribution in [0.1, 0.15) is 31.9 Å². The van der Waals surface area contributed by atoms with Crippen LogP contribution in [0.25, 0.3) is 0 Å². The molecular formula is C18H30FIN4. The highest BCUT2D eigenvalue weighted by atomic mass is 127. The lowest BCUT2D eigenvalue weighted by molar-refractivity contribution is 0.265.